The van der Waals surface area contributed by atoms with Crippen molar-refractivity contribution in [3.05, 3.63) is 29.6 Å². The first-order valence-electron chi connectivity index (χ1n) is 5.93. The van der Waals surface area contributed by atoms with Crippen molar-refractivity contribution in [1.29, 1.82) is 0 Å². The largest absolute Gasteiger partial charge is 0.369 e. The molecule has 88 valence electrons. The van der Waals surface area contributed by atoms with Gasteiger partial charge in [0, 0.05) is 31.9 Å². The van der Waals surface area contributed by atoms with Crippen LogP contribution < -0.4 is 10.2 Å². The van der Waals surface area contributed by atoms with Gasteiger partial charge in [-0.3, -0.25) is 0 Å². The van der Waals surface area contributed by atoms with Crippen LogP contribution in [0.3, 0.4) is 0 Å². The molecule has 0 aliphatic carbocycles. The van der Waals surface area contributed by atoms with Crippen molar-refractivity contribution >= 4 is 5.69 Å². The molecule has 0 saturated carbocycles. The summed E-state index contributed by atoms with van der Waals surface area (Å²) in [4.78, 5) is 2.34. The van der Waals surface area contributed by atoms with Gasteiger partial charge in [0.05, 0.1) is 0 Å². The summed E-state index contributed by atoms with van der Waals surface area (Å²) in [6, 6.07) is 5.14. The summed E-state index contributed by atoms with van der Waals surface area (Å²) in [6.07, 6.45) is 0. The number of halogens is 1. The highest BCUT2D eigenvalue weighted by molar-refractivity contribution is 5.55. The minimum Gasteiger partial charge on any atom is -0.369 e. The van der Waals surface area contributed by atoms with E-state index in [1.165, 1.54) is 5.69 Å². The Balaban J connectivity index is 2.31. The Hall–Kier alpha value is -1.09. The Morgan fingerprint density at radius 1 is 1.25 bits per heavy atom. The van der Waals surface area contributed by atoms with E-state index < -0.39 is 0 Å². The van der Waals surface area contributed by atoms with E-state index in [9.17, 15) is 4.39 Å². The molecule has 2 nitrogen and oxygen atoms in total. The fraction of sp³-hybridized carbons (Fsp3) is 0.538. The molecule has 16 heavy (non-hydrogen) atoms. The van der Waals surface area contributed by atoms with Crippen LogP contribution in [0.25, 0.3) is 0 Å². The maximum atomic E-state index is 13.2. The van der Waals surface area contributed by atoms with E-state index >= 15 is 0 Å². The molecule has 1 aliphatic rings. The third kappa shape index (κ3) is 2.35. The van der Waals surface area contributed by atoms with Gasteiger partial charge in [0.2, 0.25) is 0 Å². The average molecular weight is 222 g/mol. The van der Waals surface area contributed by atoms with Crippen molar-refractivity contribution in [2.45, 2.75) is 19.8 Å². The lowest BCUT2D eigenvalue weighted by atomic mass is 10.00. The fourth-order valence-electron chi connectivity index (χ4n) is 2.18. The molecule has 0 unspecified atom stereocenters. The van der Waals surface area contributed by atoms with Crippen molar-refractivity contribution in [1.82, 2.24) is 5.32 Å². The van der Waals surface area contributed by atoms with Gasteiger partial charge >= 0.3 is 0 Å². The third-order valence-corrected chi connectivity index (χ3v) is 3.07. The van der Waals surface area contributed by atoms with E-state index in [-0.39, 0.29) is 5.82 Å². The minimum atomic E-state index is -0.136. The lowest BCUT2D eigenvalue weighted by Crippen LogP contribution is -2.43. The summed E-state index contributed by atoms with van der Waals surface area (Å²) in [6.45, 7) is 8.25. The number of rotatable bonds is 2. The van der Waals surface area contributed by atoms with Crippen LogP contribution in [-0.2, 0) is 0 Å². The first kappa shape index (κ1) is 11.4. The first-order valence-corrected chi connectivity index (χ1v) is 5.93. The fourth-order valence-corrected chi connectivity index (χ4v) is 2.18. The smallest absolute Gasteiger partial charge is 0.123 e. The van der Waals surface area contributed by atoms with E-state index in [1.54, 1.807) is 12.1 Å². The average Bonchev–Trinajstić information content (AvgIpc) is 2.30. The molecule has 1 fully saturated rings. The molecule has 0 spiro atoms. The Labute approximate surface area is 96.5 Å². The summed E-state index contributed by atoms with van der Waals surface area (Å²) in [5.41, 5.74) is 2.31. The van der Waals surface area contributed by atoms with Gasteiger partial charge in [-0.2, -0.15) is 0 Å². The van der Waals surface area contributed by atoms with Gasteiger partial charge < -0.3 is 10.2 Å². The zero-order valence-corrected chi connectivity index (χ0v) is 9.96. The van der Waals surface area contributed by atoms with Crippen LogP contribution in [0.15, 0.2) is 18.2 Å². The number of hydrogen-bond donors (Lipinski definition) is 1. The van der Waals surface area contributed by atoms with Gasteiger partial charge in [-0.05, 0) is 29.7 Å². The second-order valence-electron chi connectivity index (χ2n) is 4.59. The molecule has 1 N–H and O–H groups in total. The lowest BCUT2D eigenvalue weighted by Gasteiger charge is -2.32. The highest BCUT2D eigenvalue weighted by Gasteiger charge is 2.16. The molecule has 1 aromatic carbocycles. The van der Waals surface area contributed by atoms with Gasteiger partial charge in [0.1, 0.15) is 5.82 Å². The van der Waals surface area contributed by atoms with Crippen molar-refractivity contribution in [3.8, 4) is 0 Å². The van der Waals surface area contributed by atoms with Crippen molar-refractivity contribution in [3.63, 3.8) is 0 Å². The van der Waals surface area contributed by atoms with Gasteiger partial charge in [0.25, 0.3) is 0 Å². The van der Waals surface area contributed by atoms with Crippen LogP contribution >= 0.6 is 0 Å². The third-order valence-electron chi connectivity index (χ3n) is 3.07. The Bertz CT molecular complexity index is 357. The van der Waals surface area contributed by atoms with Crippen LogP contribution in [0, 0.1) is 5.82 Å². The van der Waals surface area contributed by atoms with Gasteiger partial charge in [-0.15, -0.1) is 0 Å². The van der Waals surface area contributed by atoms with E-state index in [0.29, 0.717) is 5.92 Å². The molecule has 2 rings (SSSR count). The van der Waals surface area contributed by atoms with Crippen LogP contribution in [0.5, 0.6) is 0 Å². The summed E-state index contributed by atoms with van der Waals surface area (Å²) >= 11 is 0. The molecule has 0 amide bonds. The number of nitrogens with zero attached hydrogens (tertiary/aromatic N) is 1. The van der Waals surface area contributed by atoms with E-state index in [0.717, 1.165) is 31.7 Å². The standard InChI is InChI=1S/C13H19FN2/c1-10(2)12-9-11(14)3-4-13(12)16-7-5-15-6-8-16/h3-4,9-10,15H,5-8H2,1-2H3. The molecule has 1 aliphatic heterocycles. The molecule has 1 aromatic rings. The predicted molar refractivity (Wildman–Crippen MR) is 65.6 cm³/mol. The number of anilines is 1. The van der Waals surface area contributed by atoms with Crippen molar-refractivity contribution < 1.29 is 4.39 Å². The minimum absolute atomic E-state index is 0.136. The molecule has 0 aromatic heterocycles. The highest BCUT2D eigenvalue weighted by Crippen LogP contribution is 2.28. The molecule has 3 heteroatoms. The quantitative estimate of drug-likeness (QED) is 0.826. The number of benzene rings is 1. The van der Waals surface area contributed by atoms with Crippen molar-refractivity contribution in [2.75, 3.05) is 31.1 Å². The summed E-state index contributed by atoms with van der Waals surface area (Å²) in [5, 5.41) is 3.33. The van der Waals surface area contributed by atoms with Crippen LogP contribution in [0.2, 0.25) is 0 Å². The predicted octanol–water partition coefficient (Wildman–Crippen LogP) is 2.36. The highest BCUT2D eigenvalue weighted by atomic mass is 19.1. The van der Waals surface area contributed by atoms with Gasteiger partial charge in [-0.25, -0.2) is 4.39 Å². The number of piperazine rings is 1. The number of hydrogen-bond acceptors (Lipinski definition) is 2. The topological polar surface area (TPSA) is 15.3 Å². The summed E-state index contributed by atoms with van der Waals surface area (Å²) < 4.78 is 13.2. The second-order valence-corrected chi connectivity index (χ2v) is 4.59. The first-order chi connectivity index (χ1) is 7.68. The maximum absolute atomic E-state index is 13.2. The molecule has 0 atom stereocenters. The lowest BCUT2D eigenvalue weighted by molar-refractivity contribution is 0.583. The van der Waals surface area contributed by atoms with Crippen LogP contribution in [-0.4, -0.2) is 26.2 Å². The summed E-state index contributed by atoms with van der Waals surface area (Å²) in [7, 11) is 0. The molecule has 1 saturated heterocycles. The molecule has 0 bridgehead atoms. The number of nitrogens with one attached hydrogen (secondary N) is 1. The SMILES string of the molecule is CC(C)c1cc(F)ccc1N1CCNCC1. The Morgan fingerprint density at radius 2 is 1.94 bits per heavy atom. The van der Waals surface area contributed by atoms with Gasteiger partial charge in [-0.1, -0.05) is 13.8 Å². The Morgan fingerprint density at radius 3 is 2.56 bits per heavy atom. The molecule has 1 heterocycles. The van der Waals surface area contributed by atoms with E-state index in [2.05, 4.69) is 24.1 Å². The zero-order valence-electron chi connectivity index (χ0n) is 9.96. The Kier molecular flexibility index (Phi) is 3.44. The summed E-state index contributed by atoms with van der Waals surface area (Å²) in [5.74, 6) is 0.225. The maximum Gasteiger partial charge on any atom is 0.123 e. The van der Waals surface area contributed by atoms with E-state index in [1.807, 2.05) is 6.07 Å². The second kappa shape index (κ2) is 4.83. The van der Waals surface area contributed by atoms with Crippen LogP contribution in [0.1, 0.15) is 25.3 Å². The molecular weight excluding hydrogens is 203 g/mol. The van der Waals surface area contributed by atoms with Gasteiger partial charge in [0.15, 0.2) is 0 Å². The van der Waals surface area contributed by atoms with Crippen LogP contribution in [0.4, 0.5) is 10.1 Å². The molecular formula is C13H19FN2. The van der Waals surface area contributed by atoms with Crippen molar-refractivity contribution in [2.24, 2.45) is 0 Å². The zero-order chi connectivity index (χ0) is 11.5. The van der Waals surface area contributed by atoms with E-state index in [4.69, 9.17) is 0 Å². The normalized spacial score (nSPS) is 16.9. The monoisotopic (exact) mass is 222 g/mol. The molecule has 0 radical (unpaired) electrons.